The van der Waals surface area contributed by atoms with Gasteiger partial charge in [-0.1, -0.05) is 0 Å². The molecule has 0 atom stereocenters. The van der Waals surface area contributed by atoms with Crippen molar-refractivity contribution >= 4 is 21.7 Å². The Bertz CT molecular complexity index is 721. The summed E-state index contributed by atoms with van der Waals surface area (Å²) < 4.78 is 26.4. The number of aryl methyl sites for hydroxylation is 1. The molecule has 3 N–H and O–H groups in total. The molecule has 0 aliphatic rings. The Morgan fingerprint density at radius 2 is 2.21 bits per heavy atom. The summed E-state index contributed by atoms with van der Waals surface area (Å²) in [4.78, 5) is 16.9. The van der Waals surface area contributed by atoms with Crippen LogP contribution in [0.3, 0.4) is 0 Å². The van der Waals surface area contributed by atoms with Crippen LogP contribution in [0.2, 0.25) is 0 Å². The maximum Gasteiger partial charge on any atom is 0.352 e. The van der Waals surface area contributed by atoms with Crippen molar-refractivity contribution < 1.29 is 18.3 Å². The molecule has 0 aromatic carbocycles. The van der Waals surface area contributed by atoms with Gasteiger partial charge < -0.3 is 10.1 Å². The second kappa shape index (κ2) is 4.73. The molecule has 0 aliphatic carbocycles. The van der Waals surface area contributed by atoms with Gasteiger partial charge in [-0.3, -0.25) is 9.71 Å². The van der Waals surface area contributed by atoms with Gasteiger partial charge in [0.1, 0.15) is 10.6 Å². The molecule has 2 aromatic rings. The molecule has 8 heteroatoms. The van der Waals surface area contributed by atoms with Gasteiger partial charge in [-0.15, -0.1) is 0 Å². The highest BCUT2D eigenvalue weighted by Crippen LogP contribution is 2.18. The molecule has 7 nitrogen and oxygen atoms in total. The lowest BCUT2D eigenvalue weighted by Gasteiger charge is -2.07. The zero-order valence-corrected chi connectivity index (χ0v) is 10.7. The van der Waals surface area contributed by atoms with Crippen molar-refractivity contribution in [3.63, 3.8) is 0 Å². The van der Waals surface area contributed by atoms with Crippen molar-refractivity contribution in [2.24, 2.45) is 0 Å². The number of carboxylic acids is 1. The summed E-state index contributed by atoms with van der Waals surface area (Å²) in [5.41, 5.74) is 0.684. The van der Waals surface area contributed by atoms with E-state index in [4.69, 9.17) is 5.11 Å². The summed E-state index contributed by atoms with van der Waals surface area (Å²) in [6.45, 7) is 1.66. The zero-order chi connectivity index (χ0) is 14.0. The van der Waals surface area contributed by atoms with Crippen LogP contribution in [0, 0.1) is 6.92 Å². The highest BCUT2D eigenvalue weighted by molar-refractivity contribution is 7.92. The molecule has 0 saturated carbocycles. The number of nitrogens with one attached hydrogen (secondary N) is 2. The molecular weight excluding hydrogens is 270 g/mol. The molecule has 19 heavy (non-hydrogen) atoms. The first-order chi connectivity index (χ1) is 8.90. The van der Waals surface area contributed by atoms with Crippen LogP contribution in [0.1, 0.15) is 16.2 Å². The van der Waals surface area contributed by atoms with Crippen molar-refractivity contribution in [3.05, 3.63) is 42.0 Å². The first kappa shape index (κ1) is 13.1. The summed E-state index contributed by atoms with van der Waals surface area (Å²) in [6, 6.07) is 4.23. The highest BCUT2D eigenvalue weighted by Gasteiger charge is 2.19. The Balaban J connectivity index is 2.32. The van der Waals surface area contributed by atoms with Crippen LogP contribution in [-0.4, -0.2) is 29.5 Å². The van der Waals surface area contributed by atoms with Crippen molar-refractivity contribution in [2.45, 2.75) is 11.8 Å². The summed E-state index contributed by atoms with van der Waals surface area (Å²) in [7, 11) is -3.83. The summed E-state index contributed by atoms with van der Waals surface area (Å²) in [5.74, 6) is -1.22. The number of carboxylic acid groups (broad SMARTS) is 1. The molecule has 100 valence electrons. The number of nitrogens with zero attached hydrogens (tertiary/aromatic N) is 1. The summed E-state index contributed by atoms with van der Waals surface area (Å²) >= 11 is 0. The first-order valence-electron chi connectivity index (χ1n) is 5.26. The Labute approximate surface area is 109 Å². The fraction of sp³-hybridized carbons (Fsp3) is 0.0909. The number of anilines is 1. The number of sulfonamides is 1. The number of pyridine rings is 1. The first-order valence-corrected chi connectivity index (χ1v) is 6.74. The smallest absolute Gasteiger partial charge is 0.352 e. The second-order valence-corrected chi connectivity index (χ2v) is 5.48. The number of aromatic carboxylic acids is 1. The van der Waals surface area contributed by atoms with Gasteiger partial charge in [0.2, 0.25) is 0 Å². The molecule has 0 amide bonds. The Morgan fingerprint density at radius 1 is 1.47 bits per heavy atom. The molecule has 0 spiro atoms. The van der Waals surface area contributed by atoms with E-state index < -0.39 is 16.0 Å². The van der Waals surface area contributed by atoms with Crippen LogP contribution in [0.5, 0.6) is 0 Å². The normalized spacial score (nSPS) is 11.2. The van der Waals surface area contributed by atoms with Crippen LogP contribution in [0.15, 0.2) is 35.5 Å². The summed E-state index contributed by atoms with van der Waals surface area (Å²) in [5, 5.41) is 8.74. The van der Waals surface area contributed by atoms with Gasteiger partial charge >= 0.3 is 5.97 Å². The van der Waals surface area contributed by atoms with E-state index in [9.17, 15) is 13.2 Å². The van der Waals surface area contributed by atoms with E-state index in [2.05, 4.69) is 14.7 Å². The number of carbonyl (C=O) groups is 1. The van der Waals surface area contributed by atoms with Crippen molar-refractivity contribution in [1.82, 2.24) is 9.97 Å². The third-order valence-electron chi connectivity index (χ3n) is 2.45. The van der Waals surface area contributed by atoms with Crippen LogP contribution in [-0.2, 0) is 10.0 Å². The molecule has 2 aromatic heterocycles. The number of aromatic nitrogens is 2. The molecule has 2 heterocycles. The van der Waals surface area contributed by atoms with Crippen molar-refractivity contribution in [2.75, 3.05) is 4.72 Å². The quantitative estimate of drug-likeness (QED) is 0.780. The third-order valence-corrected chi connectivity index (χ3v) is 3.79. The van der Waals surface area contributed by atoms with Crippen LogP contribution < -0.4 is 4.72 Å². The van der Waals surface area contributed by atoms with E-state index in [0.717, 1.165) is 12.3 Å². The van der Waals surface area contributed by atoms with Gasteiger partial charge in [0.15, 0.2) is 0 Å². The Kier molecular flexibility index (Phi) is 3.26. The van der Waals surface area contributed by atoms with Gasteiger partial charge in [-0.05, 0) is 25.1 Å². The largest absolute Gasteiger partial charge is 0.477 e. The number of hydrogen-bond donors (Lipinski definition) is 3. The topological polar surface area (TPSA) is 112 Å². The fourth-order valence-electron chi connectivity index (χ4n) is 1.45. The van der Waals surface area contributed by atoms with E-state index in [-0.39, 0.29) is 10.6 Å². The molecule has 0 saturated heterocycles. The molecule has 0 aliphatic heterocycles. The molecule has 0 radical (unpaired) electrons. The third kappa shape index (κ3) is 2.74. The fourth-order valence-corrected chi connectivity index (χ4v) is 2.56. The maximum absolute atomic E-state index is 12.0. The molecule has 2 rings (SSSR count). The summed E-state index contributed by atoms with van der Waals surface area (Å²) in [6.07, 6.45) is 2.67. The van der Waals surface area contributed by atoms with E-state index >= 15 is 0 Å². The van der Waals surface area contributed by atoms with Crippen LogP contribution >= 0.6 is 0 Å². The molecule has 0 unspecified atom stereocenters. The number of rotatable bonds is 4. The average Bonchev–Trinajstić information content (AvgIpc) is 2.82. The van der Waals surface area contributed by atoms with E-state index in [1.165, 1.54) is 0 Å². The lowest BCUT2D eigenvalue weighted by atomic mass is 10.3. The molecule has 0 fully saturated rings. The maximum atomic E-state index is 12.0. The highest BCUT2D eigenvalue weighted by atomic mass is 32.2. The van der Waals surface area contributed by atoms with Gasteiger partial charge in [0, 0.05) is 12.4 Å². The predicted octanol–water partition coefficient (Wildman–Crippen LogP) is 1.22. The van der Waals surface area contributed by atoms with Crippen molar-refractivity contribution in [3.8, 4) is 0 Å². The van der Waals surface area contributed by atoms with Gasteiger partial charge in [0.25, 0.3) is 10.0 Å². The molecule has 0 bridgehead atoms. The van der Waals surface area contributed by atoms with E-state index in [1.54, 1.807) is 25.3 Å². The predicted molar refractivity (Wildman–Crippen MR) is 67.5 cm³/mol. The second-order valence-electron chi connectivity index (χ2n) is 3.80. The average molecular weight is 281 g/mol. The minimum atomic E-state index is -3.83. The van der Waals surface area contributed by atoms with Crippen LogP contribution in [0.25, 0.3) is 0 Å². The molecular formula is C11H11N3O4S. The minimum absolute atomic E-state index is 0.145. The number of H-pyrrole nitrogens is 1. The SMILES string of the molecule is Cc1ncccc1NS(=O)(=O)c1c[nH]c(C(=O)O)c1. The lowest BCUT2D eigenvalue weighted by molar-refractivity contribution is 0.0691. The van der Waals surface area contributed by atoms with Gasteiger partial charge in [-0.2, -0.15) is 0 Å². The van der Waals surface area contributed by atoms with Gasteiger partial charge in [0.05, 0.1) is 11.4 Å². The van der Waals surface area contributed by atoms with Crippen molar-refractivity contribution in [1.29, 1.82) is 0 Å². The van der Waals surface area contributed by atoms with Gasteiger partial charge in [-0.25, -0.2) is 13.2 Å². The lowest BCUT2D eigenvalue weighted by Crippen LogP contribution is -2.13. The van der Waals surface area contributed by atoms with E-state index in [1.807, 2.05) is 0 Å². The Hall–Kier alpha value is -2.35. The Morgan fingerprint density at radius 3 is 2.79 bits per heavy atom. The van der Waals surface area contributed by atoms with Crippen LogP contribution in [0.4, 0.5) is 5.69 Å². The monoisotopic (exact) mass is 281 g/mol. The number of hydrogen-bond acceptors (Lipinski definition) is 4. The van der Waals surface area contributed by atoms with E-state index in [0.29, 0.717) is 11.4 Å². The number of aromatic amines is 1. The zero-order valence-electron chi connectivity index (χ0n) is 9.91. The minimum Gasteiger partial charge on any atom is -0.477 e. The standard InChI is InChI=1S/C11H11N3O4S/c1-7-9(3-2-4-12-7)14-19(17,18)8-5-10(11(15)16)13-6-8/h2-6,13-14H,1H3,(H,15,16).